The van der Waals surface area contributed by atoms with Crippen molar-refractivity contribution in [1.29, 1.82) is 0 Å². The van der Waals surface area contributed by atoms with Crippen LogP contribution < -0.4 is 4.74 Å². The van der Waals surface area contributed by atoms with E-state index in [1.165, 1.54) is 24.4 Å². The fourth-order valence-corrected chi connectivity index (χ4v) is 2.71. The summed E-state index contributed by atoms with van der Waals surface area (Å²) in [4.78, 5) is 18.0. The molecule has 136 valence electrons. The van der Waals surface area contributed by atoms with Crippen molar-refractivity contribution in [2.45, 2.75) is 19.4 Å². The zero-order valence-corrected chi connectivity index (χ0v) is 14.6. The van der Waals surface area contributed by atoms with E-state index in [2.05, 4.69) is 4.98 Å². The predicted molar refractivity (Wildman–Crippen MR) is 96.4 cm³/mol. The number of carbonyl (C=O) groups excluding carboxylic acids is 1. The summed E-state index contributed by atoms with van der Waals surface area (Å²) in [6.07, 6.45) is 7.04. The average Bonchev–Trinajstić information content (AvgIpc) is 2.87. The molecule has 0 N–H and O–H groups in total. The Morgan fingerprint density at radius 2 is 2.31 bits per heavy atom. The van der Waals surface area contributed by atoms with Crippen molar-refractivity contribution in [3.05, 3.63) is 60.2 Å². The molecule has 3 rings (SSSR count). The summed E-state index contributed by atoms with van der Waals surface area (Å²) in [5.41, 5.74) is 0.591. The highest BCUT2D eigenvalue weighted by molar-refractivity contribution is 5.91. The zero-order valence-electron chi connectivity index (χ0n) is 14.6. The van der Waals surface area contributed by atoms with Crippen LogP contribution in [-0.2, 0) is 9.53 Å². The van der Waals surface area contributed by atoms with Crippen LogP contribution in [0.3, 0.4) is 0 Å². The highest BCUT2D eigenvalue weighted by Gasteiger charge is 2.17. The minimum Gasteiger partial charge on any atom is -0.453 e. The zero-order chi connectivity index (χ0) is 18.4. The Labute approximate surface area is 152 Å². The Morgan fingerprint density at radius 3 is 3.08 bits per heavy atom. The number of aromatic nitrogens is 1. The summed E-state index contributed by atoms with van der Waals surface area (Å²) in [6, 6.07) is 7.99. The van der Waals surface area contributed by atoms with E-state index in [1.807, 2.05) is 6.92 Å². The van der Waals surface area contributed by atoms with Gasteiger partial charge in [0, 0.05) is 32.0 Å². The molecule has 6 heteroatoms. The lowest BCUT2D eigenvalue weighted by Gasteiger charge is -2.20. The van der Waals surface area contributed by atoms with Crippen molar-refractivity contribution < 1.29 is 18.7 Å². The lowest BCUT2D eigenvalue weighted by molar-refractivity contribution is -0.126. The van der Waals surface area contributed by atoms with Crippen LogP contribution in [0.5, 0.6) is 11.5 Å². The Morgan fingerprint density at radius 1 is 1.42 bits per heavy atom. The third kappa shape index (κ3) is 4.89. The van der Waals surface area contributed by atoms with E-state index in [-0.39, 0.29) is 17.8 Å². The standard InChI is InChI=1S/C20H21FN2O3/c1-15-14-23(10-3-11-25-15)20(24)8-6-16-5-7-19(18(21)12-16)26-17-4-2-9-22-13-17/h2,4-9,12-13,15H,3,10-11,14H2,1H3/b8-6+. The minimum atomic E-state index is -0.500. The van der Waals surface area contributed by atoms with Gasteiger partial charge in [0.25, 0.3) is 0 Å². The number of pyridine rings is 1. The second kappa shape index (κ2) is 8.58. The van der Waals surface area contributed by atoms with Crippen LogP contribution >= 0.6 is 0 Å². The van der Waals surface area contributed by atoms with Crippen LogP contribution in [0.25, 0.3) is 6.08 Å². The molecule has 0 radical (unpaired) electrons. The molecule has 0 aliphatic carbocycles. The van der Waals surface area contributed by atoms with Gasteiger partial charge in [-0.25, -0.2) is 4.39 Å². The molecular formula is C20H21FN2O3. The number of amides is 1. The van der Waals surface area contributed by atoms with Gasteiger partial charge in [0.15, 0.2) is 11.6 Å². The normalized spacial score (nSPS) is 17.9. The van der Waals surface area contributed by atoms with Crippen LogP contribution in [-0.4, -0.2) is 41.6 Å². The van der Waals surface area contributed by atoms with Gasteiger partial charge in [0.2, 0.25) is 5.91 Å². The molecular weight excluding hydrogens is 335 g/mol. The summed E-state index contributed by atoms with van der Waals surface area (Å²) in [5, 5.41) is 0. The number of nitrogens with zero attached hydrogens (tertiary/aromatic N) is 2. The van der Waals surface area contributed by atoms with Crippen LogP contribution in [0.15, 0.2) is 48.8 Å². The van der Waals surface area contributed by atoms with Crippen molar-refractivity contribution in [3.8, 4) is 11.5 Å². The fraction of sp³-hybridized carbons (Fsp3) is 0.300. The van der Waals surface area contributed by atoms with E-state index in [4.69, 9.17) is 9.47 Å². The molecule has 0 saturated carbocycles. The van der Waals surface area contributed by atoms with E-state index in [9.17, 15) is 9.18 Å². The molecule has 1 saturated heterocycles. The summed E-state index contributed by atoms with van der Waals surface area (Å²) in [5.74, 6) is -0.0268. The molecule has 1 aliphatic heterocycles. The number of carbonyl (C=O) groups is 1. The molecule has 0 bridgehead atoms. The largest absolute Gasteiger partial charge is 0.453 e. The third-order valence-electron chi connectivity index (χ3n) is 4.00. The van der Waals surface area contributed by atoms with Crippen molar-refractivity contribution >= 4 is 12.0 Å². The van der Waals surface area contributed by atoms with Crippen LogP contribution in [0.2, 0.25) is 0 Å². The molecule has 1 fully saturated rings. The first-order valence-corrected chi connectivity index (χ1v) is 8.58. The van der Waals surface area contributed by atoms with Gasteiger partial charge < -0.3 is 14.4 Å². The van der Waals surface area contributed by atoms with E-state index in [0.717, 1.165) is 6.42 Å². The smallest absolute Gasteiger partial charge is 0.246 e. The first kappa shape index (κ1) is 18.1. The Hall–Kier alpha value is -2.73. The topological polar surface area (TPSA) is 51.7 Å². The fourth-order valence-electron chi connectivity index (χ4n) is 2.71. The quantitative estimate of drug-likeness (QED) is 0.785. The van der Waals surface area contributed by atoms with Crippen LogP contribution in [0, 0.1) is 5.82 Å². The Bertz CT molecular complexity index is 780. The molecule has 2 heterocycles. The van der Waals surface area contributed by atoms with Gasteiger partial charge in [0.05, 0.1) is 12.3 Å². The highest BCUT2D eigenvalue weighted by atomic mass is 19.1. The van der Waals surface area contributed by atoms with E-state index < -0.39 is 5.82 Å². The predicted octanol–water partition coefficient (Wildman–Crippen LogP) is 3.66. The maximum absolute atomic E-state index is 14.2. The first-order valence-electron chi connectivity index (χ1n) is 8.58. The average molecular weight is 356 g/mol. The number of halogens is 1. The highest BCUT2D eigenvalue weighted by Crippen LogP contribution is 2.24. The van der Waals surface area contributed by atoms with Gasteiger partial charge >= 0.3 is 0 Å². The maximum Gasteiger partial charge on any atom is 0.246 e. The third-order valence-corrected chi connectivity index (χ3v) is 4.00. The molecule has 1 atom stereocenters. The van der Waals surface area contributed by atoms with Gasteiger partial charge in [-0.05, 0) is 49.2 Å². The van der Waals surface area contributed by atoms with E-state index in [1.54, 1.807) is 35.4 Å². The second-order valence-corrected chi connectivity index (χ2v) is 6.13. The number of benzene rings is 1. The molecule has 26 heavy (non-hydrogen) atoms. The molecule has 5 nitrogen and oxygen atoms in total. The van der Waals surface area contributed by atoms with Crippen molar-refractivity contribution in [2.75, 3.05) is 19.7 Å². The maximum atomic E-state index is 14.2. The Balaban J connectivity index is 1.65. The molecule has 0 spiro atoms. The molecule has 1 amide bonds. The van der Waals surface area contributed by atoms with E-state index >= 15 is 0 Å². The van der Waals surface area contributed by atoms with Gasteiger partial charge in [-0.15, -0.1) is 0 Å². The Kier molecular flexibility index (Phi) is 5.96. The SMILES string of the molecule is CC1CN(C(=O)/C=C/c2ccc(Oc3cccnc3)c(F)c2)CCCO1. The molecule has 1 aromatic carbocycles. The number of ether oxygens (including phenoxy) is 2. The summed E-state index contributed by atoms with van der Waals surface area (Å²) in [7, 11) is 0. The van der Waals surface area contributed by atoms with Gasteiger partial charge in [-0.2, -0.15) is 0 Å². The molecule has 1 aliphatic rings. The van der Waals surface area contributed by atoms with Crippen molar-refractivity contribution in [3.63, 3.8) is 0 Å². The van der Waals surface area contributed by atoms with Gasteiger partial charge in [-0.1, -0.05) is 6.07 Å². The summed E-state index contributed by atoms with van der Waals surface area (Å²) < 4.78 is 25.2. The molecule has 1 aromatic heterocycles. The monoisotopic (exact) mass is 356 g/mol. The minimum absolute atomic E-state index is 0.0243. The first-order chi connectivity index (χ1) is 12.6. The van der Waals surface area contributed by atoms with Crippen molar-refractivity contribution in [2.24, 2.45) is 0 Å². The van der Waals surface area contributed by atoms with Crippen molar-refractivity contribution in [1.82, 2.24) is 9.88 Å². The van der Waals surface area contributed by atoms with Crippen LogP contribution in [0.4, 0.5) is 4.39 Å². The number of rotatable bonds is 4. The van der Waals surface area contributed by atoms with Crippen LogP contribution in [0.1, 0.15) is 18.9 Å². The number of hydrogen-bond donors (Lipinski definition) is 0. The lowest BCUT2D eigenvalue weighted by Crippen LogP contribution is -2.34. The lowest BCUT2D eigenvalue weighted by atomic mass is 10.2. The summed E-state index contributed by atoms with van der Waals surface area (Å²) >= 11 is 0. The molecule has 2 aromatic rings. The molecule has 1 unspecified atom stereocenters. The second-order valence-electron chi connectivity index (χ2n) is 6.13. The van der Waals surface area contributed by atoms with Gasteiger partial charge in [0.1, 0.15) is 5.75 Å². The van der Waals surface area contributed by atoms with Gasteiger partial charge in [-0.3, -0.25) is 9.78 Å². The van der Waals surface area contributed by atoms with E-state index in [0.29, 0.717) is 31.0 Å². The number of hydrogen-bond acceptors (Lipinski definition) is 4. The summed E-state index contributed by atoms with van der Waals surface area (Å²) in [6.45, 7) is 3.85.